The molecule has 0 saturated carbocycles. The highest BCUT2D eigenvalue weighted by atomic mass is 32.2. The Hall–Kier alpha value is 0.110. The Morgan fingerprint density at radius 2 is 2.00 bits per heavy atom. The van der Waals surface area contributed by atoms with Crippen molar-refractivity contribution < 1.29 is 4.21 Å². The third-order valence-electron chi connectivity index (χ3n) is 2.25. The van der Waals surface area contributed by atoms with Gasteiger partial charge in [-0.15, -0.1) is 0 Å². The molecule has 0 heterocycles. The number of nitrogens with one attached hydrogen (secondary N) is 1. The second-order valence-electron chi connectivity index (χ2n) is 3.53. The monoisotopic (exact) mass is 205 g/mol. The van der Waals surface area contributed by atoms with Gasteiger partial charge in [0.1, 0.15) is 0 Å². The summed E-state index contributed by atoms with van der Waals surface area (Å²) in [6.45, 7) is 4.30. The lowest BCUT2D eigenvalue weighted by Crippen LogP contribution is -2.23. The van der Waals surface area contributed by atoms with Crippen LogP contribution < -0.4 is 5.32 Å². The third kappa shape index (κ3) is 8.44. The largest absolute Gasteiger partial charge is 0.317 e. The summed E-state index contributed by atoms with van der Waals surface area (Å²) < 4.78 is 11.4. The molecule has 2 unspecified atom stereocenters. The van der Waals surface area contributed by atoms with Crippen molar-refractivity contribution in [3.63, 3.8) is 0 Å². The van der Waals surface area contributed by atoms with E-state index in [0.29, 0.717) is 6.04 Å². The molecule has 0 saturated heterocycles. The van der Waals surface area contributed by atoms with Crippen LogP contribution in [0.15, 0.2) is 0 Å². The quantitative estimate of drug-likeness (QED) is 0.613. The third-order valence-corrected chi connectivity index (χ3v) is 3.68. The average molecular weight is 205 g/mol. The minimum absolute atomic E-state index is 0.495. The van der Waals surface area contributed by atoms with Crippen molar-refractivity contribution in [3.8, 4) is 0 Å². The van der Waals surface area contributed by atoms with E-state index in [-0.39, 0.29) is 0 Å². The molecule has 0 fully saturated rings. The molecule has 0 aromatic carbocycles. The Morgan fingerprint density at radius 3 is 2.54 bits per heavy atom. The fourth-order valence-corrected chi connectivity index (χ4v) is 2.41. The van der Waals surface area contributed by atoms with Crippen LogP contribution in [0.5, 0.6) is 0 Å². The lowest BCUT2D eigenvalue weighted by Gasteiger charge is -2.08. The summed E-state index contributed by atoms with van der Waals surface area (Å²) in [5.74, 6) is 1.75. The fraction of sp³-hybridized carbons (Fsp3) is 1.00. The maximum absolute atomic E-state index is 11.4. The van der Waals surface area contributed by atoms with Crippen molar-refractivity contribution in [1.82, 2.24) is 5.32 Å². The molecule has 0 bridgehead atoms. The van der Waals surface area contributed by atoms with Crippen LogP contribution >= 0.6 is 0 Å². The van der Waals surface area contributed by atoms with Crippen LogP contribution in [0.3, 0.4) is 0 Å². The van der Waals surface area contributed by atoms with Crippen molar-refractivity contribution >= 4 is 10.8 Å². The Bertz CT molecular complexity index is 139. The molecule has 2 nitrogen and oxygen atoms in total. The summed E-state index contributed by atoms with van der Waals surface area (Å²) in [5.41, 5.74) is 0. The highest BCUT2D eigenvalue weighted by molar-refractivity contribution is 7.84. The molecule has 0 aliphatic heterocycles. The first kappa shape index (κ1) is 13.1. The molecule has 0 rings (SSSR count). The van der Waals surface area contributed by atoms with Gasteiger partial charge in [0.2, 0.25) is 0 Å². The zero-order chi connectivity index (χ0) is 10.1. The van der Waals surface area contributed by atoms with Crippen LogP contribution in [-0.2, 0) is 10.8 Å². The molecular formula is C10H23NOS. The smallest absolute Gasteiger partial charge is 0.0249 e. The van der Waals surface area contributed by atoms with Gasteiger partial charge in [0, 0.05) is 28.3 Å². The lowest BCUT2D eigenvalue weighted by atomic mass is 10.3. The van der Waals surface area contributed by atoms with Gasteiger partial charge in [0.15, 0.2) is 0 Å². The standard InChI is InChI=1S/C10H23NOS/c1-4-5-6-8-13(12)9-7-10(2)11-3/h10-11H,4-9H2,1-3H3. The Morgan fingerprint density at radius 1 is 1.31 bits per heavy atom. The van der Waals surface area contributed by atoms with Gasteiger partial charge in [-0.25, -0.2) is 0 Å². The highest BCUT2D eigenvalue weighted by Gasteiger charge is 2.02. The molecule has 0 amide bonds. The fourth-order valence-electron chi connectivity index (χ4n) is 1.07. The first-order chi connectivity index (χ1) is 6.20. The van der Waals surface area contributed by atoms with Gasteiger partial charge >= 0.3 is 0 Å². The summed E-state index contributed by atoms with van der Waals surface area (Å²) in [6.07, 6.45) is 4.57. The summed E-state index contributed by atoms with van der Waals surface area (Å²) in [6, 6.07) is 0.495. The molecule has 13 heavy (non-hydrogen) atoms. The van der Waals surface area contributed by atoms with Gasteiger partial charge in [0.05, 0.1) is 0 Å². The minimum Gasteiger partial charge on any atom is -0.317 e. The molecular weight excluding hydrogens is 182 g/mol. The van der Waals surface area contributed by atoms with Gasteiger partial charge in [-0.1, -0.05) is 19.8 Å². The molecule has 0 aromatic heterocycles. The Labute approximate surface area is 84.9 Å². The number of hydrogen-bond donors (Lipinski definition) is 1. The maximum Gasteiger partial charge on any atom is 0.0249 e. The summed E-state index contributed by atoms with van der Waals surface area (Å²) in [7, 11) is 1.37. The highest BCUT2D eigenvalue weighted by Crippen LogP contribution is 1.99. The summed E-state index contributed by atoms with van der Waals surface area (Å²) in [4.78, 5) is 0. The number of hydrogen-bond acceptors (Lipinski definition) is 2. The minimum atomic E-state index is -0.584. The van der Waals surface area contributed by atoms with Crippen molar-refractivity contribution in [2.45, 2.75) is 45.6 Å². The van der Waals surface area contributed by atoms with E-state index >= 15 is 0 Å². The Balaban J connectivity index is 3.30. The summed E-state index contributed by atoms with van der Waals surface area (Å²) >= 11 is 0. The molecule has 0 aromatic rings. The zero-order valence-electron chi connectivity index (χ0n) is 9.14. The van der Waals surface area contributed by atoms with Crippen LogP contribution in [0.4, 0.5) is 0 Å². The van der Waals surface area contributed by atoms with Gasteiger partial charge in [-0.05, 0) is 26.8 Å². The molecule has 0 aliphatic carbocycles. The van der Waals surface area contributed by atoms with E-state index in [1.54, 1.807) is 0 Å². The van der Waals surface area contributed by atoms with Crippen molar-refractivity contribution in [2.75, 3.05) is 18.6 Å². The van der Waals surface area contributed by atoms with E-state index in [1.807, 2.05) is 7.05 Å². The SMILES string of the molecule is CCCCCS(=O)CCC(C)NC. The van der Waals surface area contributed by atoms with E-state index in [1.165, 1.54) is 12.8 Å². The van der Waals surface area contributed by atoms with E-state index in [2.05, 4.69) is 19.2 Å². The van der Waals surface area contributed by atoms with Crippen LogP contribution in [-0.4, -0.2) is 28.8 Å². The summed E-state index contributed by atoms with van der Waals surface area (Å²) in [5, 5.41) is 3.15. The Kier molecular flexibility index (Phi) is 8.77. The molecule has 0 aliphatic rings. The van der Waals surface area contributed by atoms with Crippen LogP contribution in [0.25, 0.3) is 0 Å². The zero-order valence-corrected chi connectivity index (χ0v) is 9.95. The second kappa shape index (κ2) is 8.70. The molecule has 0 radical (unpaired) electrons. The molecule has 3 heteroatoms. The topological polar surface area (TPSA) is 29.1 Å². The molecule has 80 valence electrons. The first-order valence-corrected chi connectivity index (χ1v) is 6.71. The average Bonchev–Trinajstić information content (AvgIpc) is 2.14. The molecule has 2 atom stereocenters. The normalized spacial score (nSPS) is 15.6. The van der Waals surface area contributed by atoms with Crippen molar-refractivity contribution in [3.05, 3.63) is 0 Å². The number of unbranched alkanes of at least 4 members (excludes halogenated alkanes) is 2. The van der Waals surface area contributed by atoms with E-state index in [9.17, 15) is 4.21 Å². The van der Waals surface area contributed by atoms with Crippen molar-refractivity contribution in [1.29, 1.82) is 0 Å². The van der Waals surface area contributed by atoms with Crippen molar-refractivity contribution in [2.24, 2.45) is 0 Å². The van der Waals surface area contributed by atoms with E-state index < -0.39 is 10.8 Å². The molecule has 0 spiro atoms. The van der Waals surface area contributed by atoms with E-state index in [0.717, 1.165) is 24.3 Å². The maximum atomic E-state index is 11.4. The predicted octanol–water partition coefficient (Wildman–Crippen LogP) is 1.92. The van der Waals surface area contributed by atoms with Gasteiger partial charge < -0.3 is 5.32 Å². The second-order valence-corrected chi connectivity index (χ2v) is 5.23. The van der Waals surface area contributed by atoms with E-state index in [4.69, 9.17) is 0 Å². The van der Waals surface area contributed by atoms with Crippen LogP contribution in [0.2, 0.25) is 0 Å². The van der Waals surface area contributed by atoms with Gasteiger partial charge in [-0.3, -0.25) is 4.21 Å². The first-order valence-electron chi connectivity index (χ1n) is 5.23. The van der Waals surface area contributed by atoms with Gasteiger partial charge in [0.25, 0.3) is 0 Å². The predicted molar refractivity (Wildman–Crippen MR) is 60.5 cm³/mol. The van der Waals surface area contributed by atoms with Gasteiger partial charge in [-0.2, -0.15) is 0 Å². The molecule has 1 N–H and O–H groups in total. The van der Waals surface area contributed by atoms with Crippen LogP contribution in [0, 0.1) is 0 Å². The lowest BCUT2D eigenvalue weighted by molar-refractivity contribution is 0.590. The van der Waals surface area contributed by atoms with Crippen LogP contribution in [0.1, 0.15) is 39.5 Å². The number of rotatable bonds is 8.